The number of benzene rings is 1. The number of anilines is 1. The number of carbonyl (C=O) groups excluding carboxylic acids is 1. The molecule has 0 N–H and O–H groups in total. The van der Waals surface area contributed by atoms with Gasteiger partial charge in [-0.2, -0.15) is 0 Å². The molecule has 0 bridgehead atoms. The van der Waals surface area contributed by atoms with Gasteiger partial charge in [0, 0.05) is 24.3 Å². The lowest BCUT2D eigenvalue weighted by atomic mass is 10.1. The van der Waals surface area contributed by atoms with Crippen LogP contribution in [0.4, 0.5) is 10.1 Å². The minimum absolute atomic E-state index is 0.114. The third-order valence-corrected chi connectivity index (χ3v) is 2.88. The molecule has 1 fully saturated rings. The van der Waals surface area contributed by atoms with E-state index in [2.05, 4.69) is 4.90 Å². The number of ether oxygens (including phenoxy) is 1. The van der Waals surface area contributed by atoms with Crippen molar-refractivity contribution in [2.75, 3.05) is 18.0 Å². The van der Waals surface area contributed by atoms with E-state index >= 15 is 0 Å². The average molecular weight is 237 g/mol. The summed E-state index contributed by atoms with van der Waals surface area (Å²) in [6.45, 7) is 5.42. The summed E-state index contributed by atoms with van der Waals surface area (Å²) in [5.74, 6) is -0.384. The van der Waals surface area contributed by atoms with Crippen molar-refractivity contribution < 1.29 is 13.9 Å². The van der Waals surface area contributed by atoms with Crippen molar-refractivity contribution in [1.82, 2.24) is 0 Å². The highest BCUT2D eigenvalue weighted by atomic mass is 19.1. The van der Waals surface area contributed by atoms with Crippen molar-refractivity contribution in [3.05, 3.63) is 29.6 Å². The summed E-state index contributed by atoms with van der Waals surface area (Å²) in [5.41, 5.74) is 1.18. The Morgan fingerprint density at radius 3 is 2.59 bits per heavy atom. The fourth-order valence-corrected chi connectivity index (χ4v) is 2.28. The Balaban J connectivity index is 2.29. The minimum Gasteiger partial charge on any atom is -0.372 e. The van der Waals surface area contributed by atoms with Gasteiger partial charge in [0.15, 0.2) is 6.29 Å². The Bertz CT molecular complexity index is 412. The number of halogens is 1. The van der Waals surface area contributed by atoms with Crippen LogP contribution in [0.15, 0.2) is 18.2 Å². The summed E-state index contributed by atoms with van der Waals surface area (Å²) >= 11 is 0. The molecule has 2 rings (SSSR count). The highest BCUT2D eigenvalue weighted by Gasteiger charge is 2.23. The standard InChI is InChI=1S/C13H16FNO2/c1-9-6-15(7-10(2)17-9)13-4-3-12(14)5-11(13)8-16/h3-5,8-10H,6-7H2,1-2H3/t9-,10-/m1/s1. The number of hydrogen-bond donors (Lipinski definition) is 0. The summed E-state index contributed by atoms with van der Waals surface area (Å²) in [6, 6.07) is 4.31. The Labute approximate surface area is 100 Å². The van der Waals surface area contributed by atoms with Crippen molar-refractivity contribution in [2.45, 2.75) is 26.1 Å². The van der Waals surface area contributed by atoms with Crippen LogP contribution in [-0.4, -0.2) is 31.6 Å². The summed E-state index contributed by atoms with van der Waals surface area (Å²) in [5, 5.41) is 0. The first-order valence-electron chi connectivity index (χ1n) is 5.75. The topological polar surface area (TPSA) is 29.5 Å². The van der Waals surface area contributed by atoms with Gasteiger partial charge in [0.2, 0.25) is 0 Å². The monoisotopic (exact) mass is 237 g/mol. The normalized spacial score (nSPS) is 24.8. The number of aldehydes is 1. The molecule has 1 aromatic carbocycles. The third kappa shape index (κ3) is 2.64. The molecule has 0 saturated carbocycles. The second kappa shape index (κ2) is 4.84. The van der Waals surface area contributed by atoms with Gasteiger partial charge in [-0.1, -0.05) is 0 Å². The predicted octanol–water partition coefficient (Wildman–Crippen LogP) is 2.25. The molecule has 1 aliphatic heterocycles. The molecule has 1 aliphatic rings. The molecule has 2 atom stereocenters. The van der Waals surface area contributed by atoms with Gasteiger partial charge in [-0.3, -0.25) is 4.79 Å². The second-order valence-corrected chi connectivity index (χ2v) is 4.48. The maximum atomic E-state index is 13.1. The van der Waals surface area contributed by atoms with E-state index in [4.69, 9.17) is 4.74 Å². The van der Waals surface area contributed by atoms with Gasteiger partial charge in [-0.05, 0) is 32.0 Å². The number of nitrogens with zero attached hydrogens (tertiary/aromatic N) is 1. The van der Waals surface area contributed by atoms with Crippen LogP contribution in [0.25, 0.3) is 0 Å². The first kappa shape index (κ1) is 12.0. The van der Waals surface area contributed by atoms with Gasteiger partial charge in [-0.15, -0.1) is 0 Å². The fraction of sp³-hybridized carbons (Fsp3) is 0.462. The first-order chi connectivity index (χ1) is 8.10. The number of morpholine rings is 1. The van der Waals surface area contributed by atoms with Crippen LogP contribution < -0.4 is 4.90 Å². The predicted molar refractivity (Wildman–Crippen MR) is 64.0 cm³/mol. The molecule has 1 aromatic rings. The summed E-state index contributed by atoms with van der Waals surface area (Å²) in [6.07, 6.45) is 0.926. The van der Waals surface area contributed by atoms with Crippen molar-refractivity contribution in [2.24, 2.45) is 0 Å². The first-order valence-corrected chi connectivity index (χ1v) is 5.75. The van der Waals surface area contributed by atoms with Gasteiger partial charge in [0.05, 0.1) is 12.2 Å². The van der Waals surface area contributed by atoms with E-state index in [1.807, 2.05) is 13.8 Å². The highest BCUT2D eigenvalue weighted by Crippen LogP contribution is 2.24. The lowest BCUT2D eigenvalue weighted by Crippen LogP contribution is -2.45. The van der Waals surface area contributed by atoms with Crippen LogP contribution in [0.3, 0.4) is 0 Å². The van der Waals surface area contributed by atoms with Crippen LogP contribution in [0.1, 0.15) is 24.2 Å². The largest absolute Gasteiger partial charge is 0.372 e. The highest BCUT2D eigenvalue weighted by molar-refractivity contribution is 5.84. The molecular formula is C13H16FNO2. The van der Waals surface area contributed by atoms with E-state index in [0.717, 1.165) is 18.8 Å². The zero-order chi connectivity index (χ0) is 12.4. The lowest BCUT2D eigenvalue weighted by Gasteiger charge is -2.37. The van der Waals surface area contributed by atoms with Crippen molar-refractivity contribution in [3.8, 4) is 0 Å². The van der Waals surface area contributed by atoms with E-state index in [9.17, 15) is 9.18 Å². The van der Waals surface area contributed by atoms with E-state index < -0.39 is 0 Å². The maximum absolute atomic E-state index is 13.1. The quantitative estimate of drug-likeness (QED) is 0.739. The van der Waals surface area contributed by atoms with Gasteiger partial charge in [0.25, 0.3) is 0 Å². The van der Waals surface area contributed by atoms with E-state index in [-0.39, 0.29) is 18.0 Å². The van der Waals surface area contributed by atoms with E-state index in [0.29, 0.717) is 11.8 Å². The minimum atomic E-state index is -0.384. The molecule has 1 saturated heterocycles. The Hall–Kier alpha value is -1.42. The van der Waals surface area contributed by atoms with Crippen LogP contribution in [0, 0.1) is 5.82 Å². The molecule has 17 heavy (non-hydrogen) atoms. The lowest BCUT2D eigenvalue weighted by molar-refractivity contribution is -0.00525. The van der Waals surface area contributed by atoms with E-state index in [1.165, 1.54) is 12.1 Å². The number of carbonyl (C=O) groups is 1. The summed E-state index contributed by atoms with van der Waals surface area (Å²) in [4.78, 5) is 13.0. The smallest absolute Gasteiger partial charge is 0.152 e. The Kier molecular flexibility index (Phi) is 3.43. The zero-order valence-corrected chi connectivity index (χ0v) is 10.0. The zero-order valence-electron chi connectivity index (χ0n) is 10.0. The molecule has 0 unspecified atom stereocenters. The molecule has 4 heteroatoms. The molecule has 0 aliphatic carbocycles. The second-order valence-electron chi connectivity index (χ2n) is 4.48. The van der Waals surface area contributed by atoms with Gasteiger partial charge >= 0.3 is 0 Å². The molecule has 92 valence electrons. The number of rotatable bonds is 2. The third-order valence-electron chi connectivity index (χ3n) is 2.88. The van der Waals surface area contributed by atoms with Crippen LogP contribution in [0.2, 0.25) is 0 Å². The SMILES string of the molecule is C[C@@H]1CN(c2ccc(F)cc2C=O)C[C@@H](C)O1. The molecule has 0 radical (unpaired) electrons. The molecule has 0 aromatic heterocycles. The fourth-order valence-electron chi connectivity index (χ4n) is 2.28. The molecule has 0 amide bonds. The molecular weight excluding hydrogens is 221 g/mol. The Morgan fingerprint density at radius 1 is 1.35 bits per heavy atom. The Morgan fingerprint density at radius 2 is 2.00 bits per heavy atom. The summed E-state index contributed by atoms with van der Waals surface area (Å²) < 4.78 is 18.7. The van der Waals surface area contributed by atoms with Crippen LogP contribution in [-0.2, 0) is 4.74 Å². The van der Waals surface area contributed by atoms with Crippen LogP contribution in [0.5, 0.6) is 0 Å². The van der Waals surface area contributed by atoms with Crippen LogP contribution >= 0.6 is 0 Å². The number of hydrogen-bond acceptors (Lipinski definition) is 3. The average Bonchev–Trinajstić information content (AvgIpc) is 2.27. The van der Waals surface area contributed by atoms with E-state index in [1.54, 1.807) is 6.07 Å². The van der Waals surface area contributed by atoms with Gasteiger partial charge < -0.3 is 9.64 Å². The van der Waals surface area contributed by atoms with Crippen molar-refractivity contribution >= 4 is 12.0 Å². The molecule has 0 spiro atoms. The van der Waals surface area contributed by atoms with Gasteiger partial charge in [-0.25, -0.2) is 4.39 Å². The molecule has 3 nitrogen and oxygen atoms in total. The van der Waals surface area contributed by atoms with Crippen molar-refractivity contribution in [1.29, 1.82) is 0 Å². The summed E-state index contributed by atoms with van der Waals surface area (Å²) in [7, 11) is 0. The maximum Gasteiger partial charge on any atom is 0.152 e. The van der Waals surface area contributed by atoms with Crippen molar-refractivity contribution in [3.63, 3.8) is 0 Å². The van der Waals surface area contributed by atoms with Gasteiger partial charge in [0.1, 0.15) is 5.82 Å². The molecule has 1 heterocycles.